The number of nitrogens with two attached hydrogens (primary N) is 1. The lowest BCUT2D eigenvalue weighted by molar-refractivity contribution is 0.443. The van der Waals surface area contributed by atoms with Crippen LogP contribution in [0.2, 0.25) is 0 Å². The summed E-state index contributed by atoms with van der Waals surface area (Å²) in [6.07, 6.45) is 9.40. The summed E-state index contributed by atoms with van der Waals surface area (Å²) in [4.78, 5) is 0. The van der Waals surface area contributed by atoms with Crippen molar-refractivity contribution in [2.45, 2.75) is 51.1 Å². The molecule has 2 heteroatoms. The van der Waals surface area contributed by atoms with Crippen molar-refractivity contribution in [3.63, 3.8) is 0 Å². The second kappa shape index (κ2) is 5.78. The van der Waals surface area contributed by atoms with Gasteiger partial charge in [0.05, 0.1) is 6.04 Å². The molecular weight excluding hydrogens is 256 g/mol. The van der Waals surface area contributed by atoms with E-state index in [-0.39, 0.29) is 11.6 Å². The molecule has 1 aromatic carbocycles. The van der Waals surface area contributed by atoms with Crippen LogP contribution >= 0.6 is 0 Å². The van der Waals surface area contributed by atoms with E-state index in [1.165, 1.54) is 36.0 Å². The van der Waals surface area contributed by atoms with Crippen molar-refractivity contribution in [3.8, 4) is 0 Å². The van der Waals surface area contributed by atoms with E-state index in [1.54, 1.807) is 5.57 Å². The van der Waals surface area contributed by atoms with Gasteiger partial charge >= 0.3 is 0 Å². The van der Waals surface area contributed by atoms with Crippen LogP contribution in [0, 0.1) is 0 Å². The standard InChI is InChI=1S/C19H26N2/c1-19(2,20)13-21-18-16-9-5-3-7-14(16)11-12-15-8-4-6-10-17(15)18/h3,5-7,9-10,18,21H,4,8,11-13,20H2,1-2H3. The highest BCUT2D eigenvalue weighted by Gasteiger charge is 2.26. The van der Waals surface area contributed by atoms with Gasteiger partial charge in [0.25, 0.3) is 0 Å². The van der Waals surface area contributed by atoms with Crippen LogP contribution in [0.3, 0.4) is 0 Å². The van der Waals surface area contributed by atoms with Gasteiger partial charge in [-0.15, -0.1) is 0 Å². The molecule has 0 heterocycles. The topological polar surface area (TPSA) is 38.0 Å². The van der Waals surface area contributed by atoms with Crippen LogP contribution in [-0.4, -0.2) is 12.1 Å². The molecule has 0 saturated carbocycles. The van der Waals surface area contributed by atoms with Gasteiger partial charge in [0.1, 0.15) is 0 Å². The molecule has 0 saturated heterocycles. The van der Waals surface area contributed by atoms with E-state index < -0.39 is 0 Å². The number of rotatable bonds is 3. The highest BCUT2D eigenvalue weighted by atomic mass is 15.0. The fraction of sp³-hybridized carbons (Fsp3) is 0.474. The summed E-state index contributed by atoms with van der Waals surface area (Å²) in [5, 5.41) is 3.72. The summed E-state index contributed by atoms with van der Waals surface area (Å²) >= 11 is 0. The third kappa shape index (κ3) is 3.28. The number of allylic oxidation sites excluding steroid dienone is 2. The minimum Gasteiger partial charge on any atom is -0.324 e. The van der Waals surface area contributed by atoms with Crippen molar-refractivity contribution < 1.29 is 0 Å². The highest BCUT2D eigenvalue weighted by molar-refractivity contribution is 5.45. The van der Waals surface area contributed by atoms with Crippen LogP contribution < -0.4 is 11.1 Å². The predicted octanol–water partition coefficient (Wildman–Crippen LogP) is 3.65. The fourth-order valence-electron chi connectivity index (χ4n) is 3.38. The van der Waals surface area contributed by atoms with E-state index in [4.69, 9.17) is 5.73 Å². The molecule has 1 aromatic rings. The Balaban J connectivity index is 1.98. The van der Waals surface area contributed by atoms with Crippen molar-refractivity contribution >= 4 is 0 Å². The van der Waals surface area contributed by atoms with Crippen LogP contribution in [0.1, 0.15) is 50.3 Å². The minimum atomic E-state index is -0.194. The lowest BCUT2D eigenvalue weighted by Gasteiger charge is -2.28. The first-order valence-electron chi connectivity index (χ1n) is 8.03. The molecular formula is C19H26N2. The summed E-state index contributed by atoms with van der Waals surface area (Å²) in [6.45, 7) is 4.97. The van der Waals surface area contributed by atoms with E-state index in [9.17, 15) is 0 Å². The SMILES string of the molecule is CC(C)(N)CNC1C2=C(CCC=C2)CCc2ccccc21. The van der Waals surface area contributed by atoms with Gasteiger partial charge in [0, 0.05) is 12.1 Å². The van der Waals surface area contributed by atoms with Gasteiger partial charge in [-0.2, -0.15) is 0 Å². The van der Waals surface area contributed by atoms with Crippen molar-refractivity contribution in [1.82, 2.24) is 5.32 Å². The van der Waals surface area contributed by atoms with E-state index in [0.717, 1.165) is 13.0 Å². The molecule has 0 fully saturated rings. The van der Waals surface area contributed by atoms with Crippen molar-refractivity contribution in [3.05, 3.63) is 58.7 Å². The normalized spacial score (nSPS) is 21.8. The molecule has 0 bridgehead atoms. The average molecular weight is 282 g/mol. The third-order valence-corrected chi connectivity index (χ3v) is 4.45. The molecule has 112 valence electrons. The Kier molecular flexibility index (Phi) is 4.01. The molecule has 21 heavy (non-hydrogen) atoms. The van der Waals surface area contributed by atoms with Crippen molar-refractivity contribution in [2.75, 3.05) is 6.54 Å². The Bertz CT molecular complexity index is 575. The zero-order valence-corrected chi connectivity index (χ0v) is 13.2. The largest absolute Gasteiger partial charge is 0.324 e. The minimum absolute atomic E-state index is 0.194. The summed E-state index contributed by atoms with van der Waals surface area (Å²) in [5.74, 6) is 0. The second-order valence-electron chi connectivity index (χ2n) is 7.00. The Morgan fingerprint density at radius 3 is 2.81 bits per heavy atom. The number of hydrogen-bond donors (Lipinski definition) is 2. The van der Waals surface area contributed by atoms with Crippen molar-refractivity contribution in [1.29, 1.82) is 0 Å². The summed E-state index contributed by atoms with van der Waals surface area (Å²) in [7, 11) is 0. The van der Waals surface area contributed by atoms with Gasteiger partial charge < -0.3 is 11.1 Å². The van der Waals surface area contributed by atoms with E-state index in [0.29, 0.717) is 0 Å². The maximum Gasteiger partial charge on any atom is 0.0579 e. The molecule has 3 rings (SSSR count). The monoisotopic (exact) mass is 282 g/mol. The van der Waals surface area contributed by atoms with Gasteiger partial charge in [0.2, 0.25) is 0 Å². The Morgan fingerprint density at radius 2 is 2.00 bits per heavy atom. The molecule has 2 aliphatic carbocycles. The van der Waals surface area contributed by atoms with Gasteiger partial charge in [0.15, 0.2) is 0 Å². The van der Waals surface area contributed by atoms with Gasteiger partial charge in [-0.05, 0) is 56.2 Å². The molecule has 3 N–H and O–H groups in total. The van der Waals surface area contributed by atoms with Crippen molar-refractivity contribution in [2.24, 2.45) is 5.73 Å². The molecule has 1 atom stereocenters. The lowest BCUT2D eigenvalue weighted by atomic mass is 9.89. The number of nitrogens with one attached hydrogen (secondary N) is 1. The fourth-order valence-corrected chi connectivity index (χ4v) is 3.38. The van der Waals surface area contributed by atoms with Crippen LogP contribution in [0.15, 0.2) is 47.6 Å². The average Bonchev–Trinajstić information content (AvgIpc) is 2.61. The maximum absolute atomic E-state index is 6.18. The van der Waals surface area contributed by atoms with Gasteiger partial charge in [-0.25, -0.2) is 0 Å². The summed E-state index contributed by atoms with van der Waals surface area (Å²) in [6, 6.07) is 9.15. The van der Waals surface area contributed by atoms with Crippen LogP contribution in [0.5, 0.6) is 0 Å². The molecule has 0 radical (unpaired) electrons. The maximum atomic E-state index is 6.18. The lowest BCUT2D eigenvalue weighted by Crippen LogP contribution is -2.44. The van der Waals surface area contributed by atoms with Crippen LogP contribution in [-0.2, 0) is 6.42 Å². The predicted molar refractivity (Wildman–Crippen MR) is 89.2 cm³/mol. The first-order valence-corrected chi connectivity index (χ1v) is 8.03. The number of aryl methyl sites for hydroxylation is 1. The zero-order valence-electron chi connectivity index (χ0n) is 13.2. The van der Waals surface area contributed by atoms with Crippen LogP contribution in [0.25, 0.3) is 0 Å². The van der Waals surface area contributed by atoms with Crippen LogP contribution in [0.4, 0.5) is 0 Å². The highest BCUT2D eigenvalue weighted by Crippen LogP contribution is 2.37. The molecule has 0 aromatic heterocycles. The Labute approximate surface area is 128 Å². The molecule has 0 aliphatic heterocycles. The molecule has 2 nitrogen and oxygen atoms in total. The second-order valence-corrected chi connectivity index (χ2v) is 7.00. The molecule has 0 spiro atoms. The molecule has 1 unspecified atom stereocenters. The third-order valence-electron chi connectivity index (χ3n) is 4.45. The first-order chi connectivity index (χ1) is 10.0. The number of hydrogen-bond acceptors (Lipinski definition) is 2. The summed E-state index contributed by atoms with van der Waals surface area (Å²) < 4.78 is 0. The Morgan fingerprint density at radius 1 is 1.19 bits per heavy atom. The van der Waals surface area contributed by atoms with Gasteiger partial charge in [-0.1, -0.05) is 42.0 Å². The van der Waals surface area contributed by atoms with E-state index in [1.807, 2.05) is 0 Å². The zero-order chi connectivity index (χ0) is 14.9. The molecule has 2 aliphatic rings. The first kappa shape index (κ1) is 14.6. The number of fused-ring (bicyclic) bond motifs is 1. The molecule has 0 amide bonds. The number of benzene rings is 1. The Hall–Kier alpha value is -1.38. The van der Waals surface area contributed by atoms with E-state index in [2.05, 4.69) is 55.6 Å². The quantitative estimate of drug-likeness (QED) is 0.888. The van der Waals surface area contributed by atoms with Gasteiger partial charge in [-0.3, -0.25) is 0 Å². The summed E-state index contributed by atoms with van der Waals surface area (Å²) in [5.41, 5.74) is 12.0. The van der Waals surface area contributed by atoms with E-state index >= 15 is 0 Å². The smallest absolute Gasteiger partial charge is 0.0579 e.